The fourth-order valence-corrected chi connectivity index (χ4v) is 2.74. The SMILES string of the molecule is COC(CNc1ncc(OC2CC(C)N(C(=O)OC(C)(C)C)C2)cn1)OC. The van der Waals surface area contributed by atoms with Gasteiger partial charge in [-0.05, 0) is 27.7 Å². The lowest BCUT2D eigenvalue weighted by Crippen LogP contribution is -2.39. The number of nitrogens with zero attached hydrogens (tertiary/aromatic N) is 3. The summed E-state index contributed by atoms with van der Waals surface area (Å²) < 4.78 is 21.6. The Hall–Kier alpha value is -2.13. The van der Waals surface area contributed by atoms with Crippen LogP contribution < -0.4 is 10.1 Å². The Bertz CT molecular complexity index is 601. The van der Waals surface area contributed by atoms with Gasteiger partial charge in [0, 0.05) is 26.7 Å². The van der Waals surface area contributed by atoms with Crippen molar-refractivity contribution in [2.45, 2.75) is 58.2 Å². The van der Waals surface area contributed by atoms with Gasteiger partial charge in [-0.2, -0.15) is 0 Å². The molecule has 1 N–H and O–H groups in total. The smallest absolute Gasteiger partial charge is 0.410 e. The Morgan fingerprint density at radius 2 is 1.93 bits per heavy atom. The van der Waals surface area contributed by atoms with E-state index in [-0.39, 0.29) is 24.5 Å². The number of anilines is 1. The third-order valence-corrected chi connectivity index (χ3v) is 4.05. The molecule has 2 atom stereocenters. The number of carbonyl (C=O) groups is 1. The molecule has 0 bridgehead atoms. The number of methoxy groups -OCH3 is 2. The topological polar surface area (TPSA) is 95.0 Å². The molecule has 2 rings (SSSR count). The van der Waals surface area contributed by atoms with Crippen LogP contribution in [-0.4, -0.2) is 72.3 Å². The third-order valence-electron chi connectivity index (χ3n) is 4.05. The Kier molecular flexibility index (Phi) is 7.20. The number of carbonyl (C=O) groups excluding carboxylic acids is 1. The zero-order chi connectivity index (χ0) is 20.0. The highest BCUT2D eigenvalue weighted by atomic mass is 16.7. The maximum absolute atomic E-state index is 12.3. The highest BCUT2D eigenvalue weighted by molar-refractivity contribution is 5.69. The van der Waals surface area contributed by atoms with Crippen LogP contribution in [0.4, 0.5) is 10.7 Å². The third kappa shape index (κ3) is 6.51. The van der Waals surface area contributed by atoms with Gasteiger partial charge in [0.2, 0.25) is 5.95 Å². The summed E-state index contributed by atoms with van der Waals surface area (Å²) in [4.78, 5) is 22.4. The second-order valence-corrected chi connectivity index (χ2v) is 7.48. The molecule has 0 saturated carbocycles. The molecule has 2 heterocycles. The number of hydrogen-bond acceptors (Lipinski definition) is 8. The molecule has 152 valence electrons. The van der Waals surface area contributed by atoms with Crippen LogP contribution in [0.5, 0.6) is 5.75 Å². The average molecular weight is 382 g/mol. The molecule has 1 fully saturated rings. The molecule has 9 nitrogen and oxygen atoms in total. The van der Waals surface area contributed by atoms with Gasteiger partial charge < -0.3 is 29.2 Å². The van der Waals surface area contributed by atoms with Crippen molar-refractivity contribution < 1.29 is 23.7 Å². The number of likely N-dealkylation sites (tertiary alicyclic amines) is 1. The molecule has 1 aliphatic rings. The van der Waals surface area contributed by atoms with Gasteiger partial charge in [0.15, 0.2) is 12.0 Å². The second kappa shape index (κ2) is 9.18. The van der Waals surface area contributed by atoms with E-state index in [1.165, 1.54) is 0 Å². The van der Waals surface area contributed by atoms with Gasteiger partial charge in [-0.1, -0.05) is 0 Å². The quantitative estimate of drug-likeness (QED) is 0.718. The first kappa shape index (κ1) is 21.2. The van der Waals surface area contributed by atoms with E-state index >= 15 is 0 Å². The number of rotatable bonds is 7. The van der Waals surface area contributed by atoms with E-state index in [0.29, 0.717) is 24.8 Å². The van der Waals surface area contributed by atoms with Gasteiger partial charge in [-0.3, -0.25) is 0 Å². The van der Waals surface area contributed by atoms with Gasteiger partial charge in [0.1, 0.15) is 11.7 Å². The van der Waals surface area contributed by atoms with Gasteiger partial charge in [-0.25, -0.2) is 14.8 Å². The molecule has 0 aliphatic carbocycles. The molecule has 1 aliphatic heterocycles. The van der Waals surface area contributed by atoms with Crippen molar-refractivity contribution in [1.82, 2.24) is 14.9 Å². The van der Waals surface area contributed by atoms with E-state index in [4.69, 9.17) is 18.9 Å². The maximum Gasteiger partial charge on any atom is 0.410 e. The molecule has 27 heavy (non-hydrogen) atoms. The van der Waals surface area contributed by atoms with Gasteiger partial charge in [0.05, 0.1) is 25.5 Å². The Balaban J connectivity index is 1.86. The van der Waals surface area contributed by atoms with Crippen molar-refractivity contribution in [1.29, 1.82) is 0 Å². The molecule has 1 amide bonds. The zero-order valence-corrected chi connectivity index (χ0v) is 16.9. The van der Waals surface area contributed by atoms with E-state index in [1.807, 2.05) is 27.7 Å². The molecule has 1 aromatic rings. The van der Waals surface area contributed by atoms with Gasteiger partial charge in [0.25, 0.3) is 0 Å². The van der Waals surface area contributed by atoms with Crippen molar-refractivity contribution in [2.24, 2.45) is 0 Å². The number of aromatic nitrogens is 2. The summed E-state index contributed by atoms with van der Waals surface area (Å²) >= 11 is 0. The number of nitrogens with one attached hydrogen (secondary N) is 1. The predicted molar refractivity (Wildman–Crippen MR) is 99.8 cm³/mol. The number of amides is 1. The molecular weight excluding hydrogens is 352 g/mol. The van der Waals surface area contributed by atoms with E-state index in [1.54, 1.807) is 31.5 Å². The zero-order valence-electron chi connectivity index (χ0n) is 16.9. The molecule has 1 saturated heterocycles. The molecule has 1 aromatic heterocycles. The lowest BCUT2D eigenvalue weighted by molar-refractivity contribution is -0.0914. The van der Waals surface area contributed by atoms with Crippen molar-refractivity contribution in [3.8, 4) is 5.75 Å². The van der Waals surface area contributed by atoms with Crippen LogP contribution in [0, 0.1) is 0 Å². The Morgan fingerprint density at radius 3 is 2.48 bits per heavy atom. The lowest BCUT2D eigenvalue weighted by Gasteiger charge is -2.26. The molecule has 2 unspecified atom stereocenters. The highest BCUT2D eigenvalue weighted by Crippen LogP contribution is 2.24. The monoisotopic (exact) mass is 382 g/mol. The first-order valence-corrected chi connectivity index (χ1v) is 8.99. The van der Waals surface area contributed by atoms with E-state index in [0.717, 1.165) is 6.42 Å². The summed E-state index contributed by atoms with van der Waals surface area (Å²) in [5, 5.41) is 3.02. The van der Waals surface area contributed by atoms with E-state index < -0.39 is 5.60 Å². The van der Waals surface area contributed by atoms with E-state index in [9.17, 15) is 4.79 Å². The fourth-order valence-electron chi connectivity index (χ4n) is 2.74. The van der Waals surface area contributed by atoms with Crippen LogP contribution in [0.1, 0.15) is 34.1 Å². The average Bonchev–Trinajstić information content (AvgIpc) is 2.96. The van der Waals surface area contributed by atoms with Gasteiger partial charge >= 0.3 is 6.09 Å². The number of ether oxygens (including phenoxy) is 4. The maximum atomic E-state index is 12.3. The van der Waals surface area contributed by atoms with Crippen molar-refractivity contribution in [3.05, 3.63) is 12.4 Å². The van der Waals surface area contributed by atoms with Crippen LogP contribution >= 0.6 is 0 Å². The lowest BCUT2D eigenvalue weighted by atomic mass is 10.2. The first-order chi connectivity index (χ1) is 12.7. The molecule has 0 radical (unpaired) electrons. The standard InChI is InChI=1S/C18H30N4O5/c1-12-7-13(11-22(12)17(23)27-18(2,3)4)26-14-8-19-16(20-9-14)21-10-15(24-5)25-6/h8-9,12-13,15H,7,10-11H2,1-6H3,(H,19,20,21). The summed E-state index contributed by atoms with van der Waals surface area (Å²) in [6.07, 6.45) is 3.12. The van der Waals surface area contributed by atoms with Crippen molar-refractivity contribution in [2.75, 3.05) is 32.6 Å². The normalized spacial score (nSPS) is 20.0. The predicted octanol–water partition coefficient (Wildman–Crippen LogP) is 2.28. The van der Waals surface area contributed by atoms with Crippen molar-refractivity contribution in [3.63, 3.8) is 0 Å². The van der Waals surface area contributed by atoms with Crippen LogP contribution in [0.25, 0.3) is 0 Å². The van der Waals surface area contributed by atoms with Crippen LogP contribution in [0.3, 0.4) is 0 Å². The van der Waals surface area contributed by atoms with E-state index in [2.05, 4.69) is 15.3 Å². The minimum absolute atomic E-state index is 0.0479. The van der Waals surface area contributed by atoms with Crippen LogP contribution in [-0.2, 0) is 14.2 Å². The Morgan fingerprint density at radius 1 is 1.30 bits per heavy atom. The summed E-state index contributed by atoms with van der Waals surface area (Å²) in [6.45, 7) is 8.45. The molecule has 0 spiro atoms. The van der Waals surface area contributed by atoms with Crippen LogP contribution in [0.2, 0.25) is 0 Å². The minimum Gasteiger partial charge on any atom is -0.485 e. The number of hydrogen-bond donors (Lipinski definition) is 1. The van der Waals surface area contributed by atoms with Crippen molar-refractivity contribution >= 4 is 12.0 Å². The largest absolute Gasteiger partial charge is 0.485 e. The van der Waals surface area contributed by atoms with Gasteiger partial charge in [-0.15, -0.1) is 0 Å². The second-order valence-electron chi connectivity index (χ2n) is 7.48. The Labute approximate surface area is 160 Å². The van der Waals surface area contributed by atoms with Crippen LogP contribution in [0.15, 0.2) is 12.4 Å². The molecule has 0 aromatic carbocycles. The summed E-state index contributed by atoms with van der Waals surface area (Å²) in [6, 6.07) is 0.0479. The fraction of sp³-hybridized carbons (Fsp3) is 0.722. The summed E-state index contributed by atoms with van der Waals surface area (Å²) in [5.41, 5.74) is -0.517. The molecule has 9 heteroatoms. The minimum atomic E-state index is -0.517. The first-order valence-electron chi connectivity index (χ1n) is 8.99. The highest BCUT2D eigenvalue weighted by Gasteiger charge is 2.36. The summed E-state index contributed by atoms with van der Waals surface area (Å²) in [7, 11) is 3.13. The summed E-state index contributed by atoms with van der Waals surface area (Å²) in [5.74, 6) is 1.01. The molecular formula is C18H30N4O5.